The van der Waals surface area contributed by atoms with Crippen molar-refractivity contribution in [2.45, 2.75) is 12.6 Å². The summed E-state index contributed by atoms with van der Waals surface area (Å²) in [5, 5.41) is 3.77. The summed E-state index contributed by atoms with van der Waals surface area (Å²) in [6.45, 7) is 2.33. The average molecular weight is 299 g/mol. The van der Waals surface area contributed by atoms with Gasteiger partial charge in [-0.1, -0.05) is 11.6 Å². The number of carbonyl (C=O) groups excluding carboxylic acids is 1. The smallest absolute Gasteiger partial charge is 0.253 e. The minimum atomic E-state index is -0.418. The number of nitrogens with one attached hydrogen (secondary N) is 1. The minimum Gasteiger partial charge on any atom is -0.496 e. The van der Waals surface area contributed by atoms with Gasteiger partial charge in [-0.2, -0.15) is 0 Å². The number of nitrogens with zero attached hydrogens (tertiary/aromatic N) is 1. The Bertz CT molecular complexity index is 475. The maximum atomic E-state index is 12.3. The summed E-state index contributed by atoms with van der Waals surface area (Å²) in [5.74, 6) is 0.677. The Morgan fingerprint density at radius 3 is 3.05 bits per heavy atom. The Hall–Kier alpha value is -1.30. The SMILES string of the molecule is COc1ccc(Cl)cc1CN(C)C(=O)[C@@H]1CNCCO1. The van der Waals surface area contributed by atoms with E-state index in [1.165, 1.54) is 0 Å². The van der Waals surface area contributed by atoms with Gasteiger partial charge >= 0.3 is 0 Å². The maximum Gasteiger partial charge on any atom is 0.253 e. The summed E-state index contributed by atoms with van der Waals surface area (Å²) in [6, 6.07) is 5.37. The molecule has 0 unspecified atom stereocenters. The molecular weight excluding hydrogens is 280 g/mol. The number of halogens is 1. The zero-order valence-corrected chi connectivity index (χ0v) is 12.4. The van der Waals surface area contributed by atoms with Crippen LogP contribution in [0.5, 0.6) is 5.75 Å². The molecule has 1 aromatic carbocycles. The van der Waals surface area contributed by atoms with Crippen LogP contribution in [0.15, 0.2) is 18.2 Å². The first-order valence-corrected chi connectivity index (χ1v) is 6.89. The second-order valence-corrected chi connectivity index (χ2v) is 5.15. The molecule has 1 atom stereocenters. The molecule has 1 aromatic rings. The van der Waals surface area contributed by atoms with Gasteiger partial charge in [0.15, 0.2) is 0 Å². The van der Waals surface area contributed by atoms with Gasteiger partial charge in [0.25, 0.3) is 5.91 Å². The van der Waals surface area contributed by atoms with E-state index in [0.29, 0.717) is 24.7 Å². The highest BCUT2D eigenvalue weighted by Crippen LogP contribution is 2.24. The monoisotopic (exact) mass is 298 g/mol. The lowest BCUT2D eigenvalue weighted by atomic mass is 10.1. The second-order valence-electron chi connectivity index (χ2n) is 4.71. The molecule has 1 amide bonds. The van der Waals surface area contributed by atoms with Gasteiger partial charge < -0.3 is 19.7 Å². The third-order valence-electron chi connectivity index (χ3n) is 3.23. The zero-order valence-electron chi connectivity index (χ0n) is 11.7. The Kier molecular flexibility index (Phi) is 5.23. The van der Waals surface area contributed by atoms with Gasteiger partial charge in [-0.05, 0) is 18.2 Å². The average Bonchev–Trinajstić information content (AvgIpc) is 2.47. The number of hydrogen-bond donors (Lipinski definition) is 1. The lowest BCUT2D eigenvalue weighted by Gasteiger charge is -2.27. The van der Waals surface area contributed by atoms with E-state index < -0.39 is 6.10 Å². The molecule has 20 heavy (non-hydrogen) atoms. The molecule has 0 spiro atoms. The summed E-state index contributed by atoms with van der Waals surface area (Å²) in [4.78, 5) is 13.9. The number of carbonyl (C=O) groups is 1. The van der Waals surface area contributed by atoms with E-state index in [-0.39, 0.29) is 5.91 Å². The third-order valence-corrected chi connectivity index (χ3v) is 3.46. The summed E-state index contributed by atoms with van der Waals surface area (Å²) >= 11 is 5.99. The number of likely N-dealkylation sites (N-methyl/N-ethyl adjacent to an activating group) is 1. The van der Waals surface area contributed by atoms with Gasteiger partial charge in [0, 0.05) is 37.3 Å². The summed E-state index contributed by atoms with van der Waals surface area (Å²) in [6.07, 6.45) is -0.418. The second kappa shape index (κ2) is 6.92. The van der Waals surface area contributed by atoms with Crippen LogP contribution in [0.2, 0.25) is 5.02 Å². The van der Waals surface area contributed by atoms with E-state index in [2.05, 4.69) is 5.32 Å². The summed E-state index contributed by atoms with van der Waals surface area (Å²) in [7, 11) is 3.35. The molecule has 5 nitrogen and oxygen atoms in total. The van der Waals surface area contributed by atoms with Gasteiger partial charge in [0.05, 0.1) is 13.7 Å². The highest BCUT2D eigenvalue weighted by atomic mass is 35.5. The van der Waals surface area contributed by atoms with Crippen molar-refractivity contribution in [1.82, 2.24) is 10.2 Å². The molecule has 1 heterocycles. The molecule has 0 radical (unpaired) electrons. The predicted molar refractivity (Wildman–Crippen MR) is 77.1 cm³/mol. The van der Waals surface area contributed by atoms with Crippen LogP contribution in [0, 0.1) is 0 Å². The standard InChI is InChI=1S/C14H19ClN2O3/c1-17(14(18)13-8-16-5-6-20-13)9-10-7-11(15)3-4-12(10)19-2/h3-4,7,13,16H,5-6,8-9H2,1-2H3/t13-/m0/s1. The third kappa shape index (κ3) is 3.62. The molecule has 1 aliphatic heterocycles. The number of amides is 1. The van der Waals surface area contributed by atoms with Crippen molar-refractivity contribution in [3.05, 3.63) is 28.8 Å². The van der Waals surface area contributed by atoms with E-state index in [4.69, 9.17) is 21.1 Å². The fraction of sp³-hybridized carbons (Fsp3) is 0.500. The molecule has 0 saturated carbocycles. The normalized spacial score (nSPS) is 18.6. The van der Waals surface area contributed by atoms with Gasteiger partial charge in [-0.25, -0.2) is 0 Å². The molecule has 1 fully saturated rings. The Morgan fingerprint density at radius 2 is 2.40 bits per heavy atom. The highest BCUT2D eigenvalue weighted by molar-refractivity contribution is 6.30. The molecule has 0 aliphatic carbocycles. The van der Waals surface area contributed by atoms with Gasteiger partial charge in [0.1, 0.15) is 11.9 Å². The quantitative estimate of drug-likeness (QED) is 0.910. The van der Waals surface area contributed by atoms with E-state index in [0.717, 1.165) is 17.9 Å². The zero-order chi connectivity index (χ0) is 14.5. The molecule has 0 bridgehead atoms. The van der Waals surface area contributed by atoms with Gasteiger partial charge in [-0.3, -0.25) is 4.79 Å². The van der Waals surface area contributed by atoms with Crippen LogP contribution in [0.25, 0.3) is 0 Å². The van der Waals surface area contributed by atoms with Crippen LogP contribution in [0.1, 0.15) is 5.56 Å². The molecule has 110 valence electrons. The number of rotatable bonds is 4. The van der Waals surface area contributed by atoms with Crippen molar-refractivity contribution in [3.8, 4) is 5.75 Å². The summed E-state index contributed by atoms with van der Waals surface area (Å²) in [5.41, 5.74) is 0.875. The molecule has 1 N–H and O–H groups in total. The summed E-state index contributed by atoms with van der Waals surface area (Å²) < 4.78 is 10.8. The van der Waals surface area contributed by atoms with Crippen molar-refractivity contribution in [3.63, 3.8) is 0 Å². The molecule has 2 rings (SSSR count). The van der Waals surface area contributed by atoms with E-state index in [1.807, 2.05) is 6.07 Å². The van der Waals surface area contributed by atoms with E-state index in [9.17, 15) is 4.79 Å². The fourth-order valence-electron chi connectivity index (χ4n) is 2.17. The van der Waals surface area contributed by atoms with Crippen molar-refractivity contribution in [2.24, 2.45) is 0 Å². The van der Waals surface area contributed by atoms with Crippen molar-refractivity contribution in [2.75, 3.05) is 33.9 Å². The van der Waals surface area contributed by atoms with Crippen LogP contribution in [0.3, 0.4) is 0 Å². The van der Waals surface area contributed by atoms with E-state index in [1.54, 1.807) is 31.2 Å². The Morgan fingerprint density at radius 1 is 1.60 bits per heavy atom. The molecule has 6 heteroatoms. The van der Waals surface area contributed by atoms with Crippen molar-refractivity contribution in [1.29, 1.82) is 0 Å². The number of ether oxygens (including phenoxy) is 2. The van der Waals surface area contributed by atoms with Crippen LogP contribution >= 0.6 is 11.6 Å². The molecule has 1 aliphatic rings. The predicted octanol–water partition coefficient (Wildman–Crippen LogP) is 1.30. The number of methoxy groups -OCH3 is 1. The maximum absolute atomic E-state index is 12.3. The van der Waals surface area contributed by atoms with Gasteiger partial charge in [0.2, 0.25) is 0 Å². The first kappa shape index (κ1) is 15.1. The van der Waals surface area contributed by atoms with Gasteiger partial charge in [-0.15, -0.1) is 0 Å². The van der Waals surface area contributed by atoms with Crippen LogP contribution in [-0.4, -0.2) is 50.8 Å². The Labute approximate surface area is 123 Å². The van der Waals surface area contributed by atoms with Crippen molar-refractivity contribution < 1.29 is 14.3 Å². The minimum absolute atomic E-state index is 0.0424. The van der Waals surface area contributed by atoms with Crippen molar-refractivity contribution >= 4 is 17.5 Å². The van der Waals surface area contributed by atoms with Crippen LogP contribution in [0.4, 0.5) is 0 Å². The topological polar surface area (TPSA) is 50.8 Å². The highest BCUT2D eigenvalue weighted by Gasteiger charge is 2.25. The number of morpholine rings is 1. The Balaban J connectivity index is 2.04. The molecular formula is C14H19ClN2O3. The van der Waals surface area contributed by atoms with E-state index >= 15 is 0 Å². The van der Waals surface area contributed by atoms with Crippen LogP contribution in [-0.2, 0) is 16.1 Å². The first-order valence-electron chi connectivity index (χ1n) is 6.51. The fourth-order valence-corrected chi connectivity index (χ4v) is 2.37. The first-order chi connectivity index (χ1) is 9.61. The number of hydrogen-bond acceptors (Lipinski definition) is 4. The lowest BCUT2D eigenvalue weighted by molar-refractivity contribution is -0.144. The lowest BCUT2D eigenvalue weighted by Crippen LogP contribution is -2.48. The number of benzene rings is 1. The molecule has 1 saturated heterocycles. The van der Waals surface area contributed by atoms with Crippen LogP contribution < -0.4 is 10.1 Å². The largest absolute Gasteiger partial charge is 0.496 e. The molecule has 0 aromatic heterocycles.